The number of amides is 2. The van der Waals surface area contributed by atoms with Gasteiger partial charge in [-0.25, -0.2) is 9.78 Å². The molecule has 0 saturated heterocycles. The Morgan fingerprint density at radius 3 is 2.71 bits per heavy atom. The van der Waals surface area contributed by atoms with Crippen LogP contribution in [0.1, 0.15) is 59.8 Å². The van der Waals surface area contributed by atoms with Crippen LogP contribution < -0.4 is 10.6 Å². The van der Waals surface area contributed by atoms with E-state index in [1.807, 2.05) is 32.5 Å². The Morgan fingerprint density at radius 2 is 2.00 bits per heavy atom. The molecule has 2 heterocycles. The van der Waals surface area contributed by atoms with E-state index in [-0.39, 0.29) is 12.1 Å². The third-order valence-electron chi connectivity index (χ3n) is 4.66. The number of carbonyl (C=O) groups is 1. The molecule has 0 aromatic carbocycles. The standard InChI is InChI=1S/C17H25N5OS/c1-10(15-11(2)21-22(4)12(15)3)18-16(23)20-17-19-13-8-6-5-7-9-14(13)24-17/h10H,5-9H2,1-4H3,(H2,18,19,20,23)/t10-/m0/s1. The van der Waals surface area contributed by atoms with Crippen LogP contribution >= 0.6 is 11.3 Å². The third kappa shape index (κ3) is 3.45. The first-order chi connectivity index (χ1) is 11.5. The predicted octanol–water partition coefficient (Wildman–Crippen LogP) is 3.65. The van der Waals surface area contributed by atoms with Crippen molar-refractivity contribution in [1.29, 1.82) is 0 Å². The molecule has 3 rings (SSSR count). The molecule has 130 valence electrons. The van der Waals surface area contributed by atoms with Crippen LogP contribution in [0.25, 0.3) is 0 Å². The third-order valence-corrected chi connectivity index (χ3v) is 5.73. The number of fused-ring (bicyclic) bond motifs is 1. The van der Waals surface area contributed by atoms with Crippen molar-refractivity contribution in [3.63, 3.8) is 0 Å². The summed E-state index contributed by atoms with van der Waals surface area (Å²) in [6.45, 7) is 5.97. The lowest BCUT2D eigenvalue weighted by Gasteiger charge is -2.14. The molecule has 1 atom stereocenters. The molecule has 0 saturated carbocycles. The molecule has 1 aliphatic carbocycles. The van der Waals surface area contributed by atoms with Gasteiger partial charge in [-0.15, -0.1) is 11.3 Å². The molecule has 0 aliphatic heterocycles. The minimum atomic E-state index is -0.214. The number of aromatic nitrogens is 3. The first-order valence-corrected chi connectivity index (χ1v) is 9.33. The van der Waals surface area contributed by atoms with Crippen molar-refractivity contribution in [3.05, 3.63) is 27.5 Å². The van der Waals surface area contributed by atoms with E-state index < -0.39 is 0 Å². The van der Waals surface area contributed by atoms with Gasteiger partial charge in [-0.1, -0.05) is 6.42 Å². The molecule has 6 nitrogen and oxygen atoms in total. The summed E-state index contributed by atoms with van der Waals surface area (Å²) in [6.07, 6.45) is 5.80. The lowest BCUT2D eigenvalue weighted by atomic mass is 10.1. The van der Waals surface area contributed by atoms with Crippen LogP contribution in [0.3, 0.4) is 0 Å². The van der Waals surface area contributed by atoms with Gasteiger partial charge in [-0.3, -0.25) is 10.00 Å². The predicted molar refractivity (Wildman–Crippen MR) is 96.6 cm³/mol. The van der Waals surface area contributed by atoms with Crippen molar-refractivity contribution in [3.8, 4) is 0 Å². The second-order valence-corrected chi connectivity index (χ2v) is 7.56. The highest BCUT2D eigenvalue weighted by Gasteiger charge is 2.19. The minimum absolute atomic E-state index is 0.100. The average Bonchev–Trinajstić information content (AvgIpc) is 2.90. The SMILES string of the molecule is Cc1nn(C)c(C)c1[C@H](C)NC(=O)Nc1nc2c(s1)CCCCC2. The van der Waals surface area contributed by atoms with Crippen molar-refractivity contribution in [1.82, 2.24) is 20.1 Å². The molecule has 0 radical (unpaired) electrons. The Kier molecular flexibility index (Phi) is 4.89. The Bertz CT molecular complexity index is 725. The molecule has 0 fully saturated rings. The van der Waals surface area contributed by atoms with Crippen LogP contribution in [0.5, 0.6) is 0 Å². The number of rotatable bonds is 3. The average molecular weight is 347 g/mol. The molecule has 2 N–H and O–H groups in total. The van der Waals surface area contributed by atoms with E-state index in [9.17, 15) is 4.79 Å². The summed E-state index contributed by atoms with van der Waals surface area (Å²) in [6, 6.07) is -0.314. The van der Waals surface area contributed by atoms with Gasteiger partial charge in [0, 0.05) is 23.2 Å². The summed E-state index contributed by atoms with van der Waals surface area (Å²) in [7, 11) is 1.92. The Labute approximate surface area is 146 Å². The Hall–Kier alpha value is -1.89. The molecule has 2 aromatic rings. The maximum Gasteiger partial charge on any atom is 0.321 e. The van der Waals surface area contributed by atoms with Crippen molar-refractivity contribution in [2.75, 3.05) is 5.32 Å². The monoisotopic (exact) mass is 347 g/mol. The number of nitrogens with one attached hydrogen (secondary N) is 2. The largest absolute Gasteiger partial charge is 0.331 e. The number of urea groups is 1. The summed E-state index contributed by atoms with van der Waals surface area (Å²) in [4.78, 5) is 18.3. The lowest BCUT2D eigenvalue weighted by Crippen LogP contribution is -2.31. The zero-order valence-corrected chi connectivity index (χ0v) is 15.6. The van der Waals surface area contributed by atoms with E-state index in [0.717, 1.165) is 29.8 Å². The number of thiazole rings is 1. The topological polar surface area (TPSA) is 71.8 Å². The van der Waals surface area contributed by atoms with E-state index in [4.69, 9.17) is 0 Å². The fourth-order valence-corrected chi connectivity index (χ4v) is 4.45. The molecule has 2 aromatic heterocycles. The van der Waals surface area contributed by atoms with Gasteiger partial charge in [0.05, 0.1) is 17.4 Å². The van der Waals surface area contributed by atoms with Crippen LogP contribution in [-0.4, -0.2) is 20.8 Å². The number of aryl methyl sites for hydroxylation is 4. The maximum absolute atomic E-state index is 12.3. The second-order valence-electron chi connectivity index (χ2n) is 6.48. The Morgan fingerprint density at radius 1 is 1.25 bits per heavy atom. The highest BCUT2D eigenvalue weighted by atomic mass is 32.1. The molecule has 0 spiro atoms. The maximum atomic E-state index is 12.3. The molecular formula is C17H25N5OS. The lowest BCUT2D eigenvalue weighted by molar-refractivity contribution is 0.249. The molecule has 24 heavy (non-hydrogen) atoms. The van der Waals surface area contributed by atoms with E-state index in [1.54, 1.807) is 11.3 Å². The number of anilines is 1. The van der Waals surface area contributed by atoms with E-state index in [0.29, 0.717) is 5.13 Å². The number of carbonyl (C=O) groups excluding carboxylic acids is 1. The molecule has 0 bridgehead atoms. The highest BCUT2D eigenvalue weighted by molar-refractivity contribution is 7.15. The van der Waals surface area contributed by atoms with E-state index >= 15 is 0 Å². The minimum Gasteiger partial charge on any atom is -0.331 e. The van der Waals surface area contributed by atoms with Gasteiger partial charge in [-0.2, -0.15) is 5.10 Å². The van der Waals surface area contributed by atoms with Crippen molar-refractivity contribution < 1.29 is 4.79 Å². The normalized spacial score (nSPS) is 15.5. The molecule has 1 aliphatic rings. The number of nitrogens with zero attached hydrogens (tertiary/aromatic N) is 3. The zero-order valence-electron chi connectivity index (χ0n) is 14.8. The molecule has 0 unspecified atom stereocenters. The molecular weight excluding hydrogens is 322 g/mol. The first-order valence-electron chi connectivity index (χ1n) is 8.52. The second kappa shape index (κ2) is 6.93. The van der Waals surface area contributed by atoms with Gasteiger partial charge < -0.3 is 5.32 Å². The summed E-state index contributed by atoms with van der Waals surface area (Å²) in [5.41, 5.74) is 4.26. The fraction of sp³-hybridized carbons (Fsp3) is 0.588. The van der Waals surface area contributed by atoms with E-state index in [1.165, 1.54) is 29.8 Å². The van der Waals surface area contributed by atoms with Crippen LogP contribution in [-0.2, 0) is 19.9 Å². The molecule has 2 amide bonds. The smallest absolute Gasteiger partial charge is 0.321 e. The fourth-order valence-electron chi connectivity index (χ4n) is 3.40. The van der Waals surface area contributed by atoms with Crippen molar-refractivity contribution >= 4 is 22.5 Å². The quantitative estimate of drug-likeness (QED) is 0.833. The van der Waals surface area contributed by atoms with Gasteiger partial charge in [0.25, 0.3) is 0 Å². The number of hydrogen-bond acceptors (Lipinski definition) is 4. The summed E-state index contributed by atoms with van der Waals surface area (Å²) in [5, 5.41) is 11.0. The van der Waals surface area contributed by atoms with Crippen LogP contribution in [0.15, 0.2) is 0 Å². The van der Waals surface area contributed by atoms with Gasteiger partial charge in [0.15, 0.2) is 5.13 Å². The highest BCUT2D eigenvalue weighted by Crippen LogP contribution is 2.29. The zero-order chi connectivity index (χ0) is 17.3. The van der Waals surface area contributed by atoms with Crippen LogP contribution in [0.2, 0.25) is 0 Å². The first kappa shape index (κ1) is 17.0. The van der Waals surface area contributed by atoms with Crippen molar-refractivity contribution in [2.45, 2.75) is 58.9 Å². The van der Waals surface area contributed by atoms with Crippen LogP contribution in [0, 0.1) is 13.8 Å². The van der Waals surface area contributed by atoms with Gasteiger partial charge in [0.1, 0.15) is 0 Å². The summed E-state index contributed by atoms with van der Waals surface area (Å²) < 4.78 is 1.85. The summed E-state index contributed by atoms with van der Waals surface area (Å²) >= 11 is 1.61. The van der Waals surface area contributed by atoms with Gasteiger partial charge in [-0.05, 0) is 46.5 Å². The van der Waals surface area contributed by atoms with Gasteiger partial charge in [0.2, 0.25) is 0 Å². The Balaban J connectivity index is 1.65. The van der Waals surface area contributed by atoms with Gasteiger partial charge >= 0.3 is 6.03 Å². The van der Waals surface area contributed by atoms with Crippen LogP contribution in [0.4, 0.5) is 9.93 Å². The summed E-state index contributed by atoms with van der Waals surface area (Å²) in [5.74, 6) is 0. The van der Waals surface area contributed by atoms with E-state index in [2.05, 4.69) is 20.7 Å². The molecule has 7 heteroatoms. The van der Waals surface area contributed by atoms with Crippen molar-refractivity contribution in [2.24, 2.45) is 7.05 Å². The number of hydrogen-bond donors (Lipinski definition) is 2.